The van der Waals surface area contributed by atoms with Gasteiger partial charge in [-0.15, -0.1) is 0 Å². The van der Waals surface area contributed by atoms with Gasteiger partial charge in [-0.25, -0.2) is 14.4 Å². The topological polar surface area (TPSA) is 49.3 Å². The predicted octanol–water partition coefficient (Wildman–Crippen LogP) is 1.44. The zero-order valence-corrected chi connectivity index (χ0v) is 11.4. The fourth-order valence-corrected chi connectivity index (χ4v) is 2.57. The number of para-hydroxylation sites is 1. The third-order valence-electron chi connectivity index (χ3n) is 3.74. The van der Waals surface area contributed by atoms with Gasteiger partial charge in [-0.05, 0) is 19.1 Å². The smallest absolute Gasteiger partial charge is 0.244 e. The summed E-state index contributed by atoms with van der Waals surface area (Å²) in [5.74, 6) is 0.280. The molecule has 1 saturated heterocycles. The van der Waals surface area contributed by atoms with Crippen LogP contribution in [0.4, 0.5) is 10.2 Å². The van der Waals surface area contributed by atoms with Gasteiger partial charge in [0.25, 0.3) is 0 Å². The minimum Gasteiger partial charge on any atom is -0.342 e. The van der Waals surface area contributed by atoms with E-state index in [2.05, 4.69) is 9.97 Å². The van der Waals surface area contributed by atoms with Crippen LogP contribution in [-0.4, -0.2) is 47.0 Å². The molecule has 0 unspecified atom stereocenters. The summed E-state index contributed by atoms with van der Waals surface area (Å²) >= 11 is 0. The van der Waals surface area contributed by atoms with E-state index >= 15 is 0 Å². The number of amides is 1. The summed E-state index contributed by atoms with van der Waals surface area (Å²) in [6.45, 7) is 3.14. The lowest BCUT2D eigenvalue weighted by molar-refractivity contribution is -0.132. The Labute approximate surface area is 116 Å². The van der Waals surface area contributed by atoms with E-state index in [9.17, 15) is 9.18 Å². The van der Waals surface area contributed by atoms with E-state index in [4.69, 9.17) is 0 Å². The first-order valence-electron chi connectivity index (χ1n) is 6.50. The number of fused-ring (bicyclic) bond motifs is 1. The Bertz CT molecular complexity index is 675. The molecular weight excluding hydrogens is 259 g/mol. The highest BCUT2D eigenvalue weighted by Gasteiger charge is 2.31. The minimum atomic E-state index is -0.376. The molecule has 0 N–H and O–H groups in total. The molecule has 1 aliphatic rings. The van der Waals surface area contributed by atoms with Gasteiger partial charge < -0.3 is 9.80 Å². The highest BCUT2D eigenvalue weighted by Crippen LogP contribution is 2.27. The second-order valence-corrected chi connectivity index (χ2v) is 4.96. The van der Waals surface area contributed by atoms with E-state index in [-0.39, 0.29) is 23.3 Å². The number of benzene rings is 1. The summed E-state index contributed by atoms with van der Waals surface area (Å²) in [6, 6.07) is 4.48. The third-order valence-corrected chi connectivity index (χ3v) is 3.74. The Balaban J connectivity index is 2.11. The number of hydrogen-bond acceptors (Lipinski definition) is 4. The van der Waals surface area contributed by atoms with Crippen molar-refractivity contribution in [3.63, 3.8) is 0 Å². The van der Waals surface area contributed by atoms with Gasteiger partial charge in [0.15, 0.2) is 0 Å². The number of nitrogens with zero attached hydrogens (tertiary/aromatic N) is 4. The van der Waals surface area contributed by atoms with E-state index in [1.807, 2.05) is 11.8 Å². The lowest BCUT2D eigenvalue weighted by Crippen LogP contribution is -2.54. The van der Waals surface area contributed by atoms with Crippen LogP contribution in [0.5, 0.6) is 0 Å². The van der Waals surface area contributed by atoms with Gasteiger partial charge in [0.05, 0.1) is 0 Å². The fraction of sp³-hybridized carbons (Fsp3) is 0.357. The standard InChI is InChI=1S/C14H15FN4O/c1-9-14(20)18(2)6-7-19(9)13-10-4-3-5-11(15)12(10)16-8-17-13/h3-5,8-9H,6-7H2,1-2H3/t9-/m0/s1. The van der Waals surface area contributed by atoms with Crippen LogP contribution < -0.4 is 4.90 Å². The summed E-state index contributed by atoms with van der Waals surface area (Å²) < 4.78 is 13.8. The second-order valence-electron chi connectivity index (χ2n) is 4.96. The molecule has 104 valence electrons. The summed E-state index contributed by atoms with van der Waals surface area (Å²) in [5.41, 5.74) is 0.288. The first-order chi connectivity index (χ1) is 9.59. The molecule has 1 amide bonds. The van der Waals surface area contributed by atoms with Crippen LogP contribution >= 0.6 is 0 Å². The largest absolute Gasteiger partial charge is 0.342 e. The third kappa shape index (κ3) is 1.88. The molecule has 1 aliphatic heterocycles. The SMILES string of the molecule is C[C@H]1C(=O)N(C)CCN1c1ncnc2c(F)cccc12. The normalized spacial score (nSPS) is 19.8. The number of carbonyl (C=O) groups is 1. The molecule has 1 fully saturated rings. The van der Waals surface area contributed by atoms with Crippen LogP contribution in [0.15, 0.2) is 24.5 Å². The van der Waals surface area contributed by atoms with Crippen molar-refractivity contribution in [2.75, 3.05) is 25.0 Å². The molecular formula is C14H15FN4O. The Hall–Kier alpha value is -2.24. The molecule has 1 aromatic heterocycles. The Morgan fingerprint density at radius 1 is 1.30 bits per heavy atom. The van der Waals surface area contributed by atoms with E-state index in [1.165, 1.54) is 12.4 Å². The van der Waals surface area contributed by atoms with Crippen molar-refractivity contribution < 1.29 is 9.18 Å². The molecule has 0 aliphatic carbocycles. The number of piperazine rings is 1. The van der Waals surface area contributed by atoms with Crippen molar-refractivity contribution in [3.05, 3.63) is 30.3 Å². The van der Waals surface area contributed by atoms with Gasteiger partial charge in [0.1, 0.15) is 29.5 Å². The number of rotatable bonds is 1. The van der Waals surface area contributed by atoms with Gasteiger partial charge in [-0.1, -0.05) is 6.07 Å². The first kappa shape index (κ1) is 12.8. The highest BCUT2D eigenvalue weighted by atomic mass is 19.1. The molecule has 0 bridgehead atoms. The number of hydrogen-bond donors (Lipinski definition) is 0. The van der Waals surface area contributed by atoms with Crippen molar-refractivity contribution in [1.82, 2.24) is 14.9 Å². The van der Waals surface area contributed by atoms with E-state index in [0.29, 0.717) is 24.3 Å². The number of aromatic nitrogens is 2. The van der Waals surface area contributed by atoms with Gasteiger partial charge >= 0.3 is 0 Å². The van der Waals surface area contributed by atoms with Crippen LogP contribution in [0.1, 0.15) is 6.92 Å². The Morgan fingerprint density at radius 2 is 2.10 bits per heavy atom. The molecule has 2 aromatic rings. The van der Waals surface area contributed by atoms with Crippen molar-refractivity contribution in [3.8, 4) is 0 Å². The molecule has 20 heavy (non-hydrogen) atoms. The molecule has 0 saturated carbocycles. The molecule has 2 heterocycles. The van der Waals surface area contributed by atoms with Crippen LogP contribution in [0.25, 0.3) is 10.9 Å². The maximum atomic E-state index is 13.8. The predicted molar refractivity (Wildman–Crippen MR) is 73.9 cm³/mol. The Kier molecular flexibility index (Phi) is 3.00. The monoisotopic (exact) mass is 274 g/mol. The van der Waals surface area contributed by atoms with E-state index < -0.39 is 0 Å². The lowest BCUT2D eigenvalue weighted by atomic mass is 10.1. The maximum absolute atomic E-state index is 13.8. The summed E-state index contributed by atoms with van der Waals surface area (Å²) in [4.78, 5) is 23.9. The van der Waals surface area contributed by atoms with Crippen molar-refractivity contribution >= 4 is 22.6 Å². The number of carbonyl (C=O) groups excluding carboxylic acids is 1. The number of anilines is 1. The van der Waals surface area contributed by atoms with Gasteiger partial charge in [-0.2, -0.15) is 0 Å². The van der Waals surface area contributed by atoms with Crippen molar-refractivity contribution in [2.45, 2.75) is 13.0 Å². The number of halogens is 1. The summed E-state index contributed by atoms with van der Waals surface area (Å²) in [5, 5.41) is 0.636. The van der Waals surface area contributed by atoms with Gasteiger partial charge in [0, 0.05) is 25.5 Å². The second kappa shape index (κ2) is 4.70. The molecule has 1 atom stereocenters. The van der Waals surface area contributed by atoms with E-state index in [0.717, 1.165) is 0 Å². The van der Waals surface area contributed by atoms with Crippen molar-refractivity contribution in [1.29, 1.82) is 0 Å². The molecule has 3 rings (SSSR count). The lowest BCUT2D eigenvalue weighted by Gasteiger charge is -2.38. The zero-order chi connectivity index (χ0) is 14.3. The van der Waals surface area contributed by atoms with Crippen LogP contribution in [0, 0.1) is 5.82 Å². The molecule has 0 radical (unpaired) electrons. The van der Waals surface area contributed by atoms with E-state index in [1.54, 1.807) is 24.1 Å². The molecule has 5 nitrogen and oxygen atoms in total. The summed E-state index contributed by atoms with van der Waals surface area (Å²) in [7, 11) is 1.79. The maximum Gasteiger partial charge on any atom is 0.244 e. The first-order valence-corrected chi connectivity index (χ1v) is 6.50. The Morgan fingerprint density at radius 3 is 2.90 bits per heavy atom. The van der Waals surface area contributed by atoms with Gasteiger partial charge in [-0.3, -0.25) is 4.79 Å². The average molecular weight is 274 g/mol. The van der Waals surface area contributed by atoms with Gasteiger partial charge in [0.2, 0.25) is 5.91 Å². The molecule has 0 spiro atoms. The van der Waals surface area contributed by atoms with Crippen molar-refractivity contribution in [2.24, 2.45) is 0 Å². The highest BCUT2D eigenvalue weighted by molar-refractivity contribution is 5.93. The zero-order valence-electron chi connectivity index (χ0n) is 11.4. The average Bonchev–Trinajstić information content (AvgIpc) is 2.45. The van der Waals surface area contributed by atoms with Crippen LogP contribution in [0.2, 0.25) is 0 Å². The molecule has 1 aromatic carbocycles. The minimum absolute atomic E-state index is 0.0411. The fourth-order valence-electron chi connectivity index (χ4n) is 2.57. The van der Waals surface area contributed by atoms with Crippen LogP contribution in [-0.2, 0) is 4.79 Å². The number of likely N-dealkylation sites (N-methyl/N-ethyl adjacent to an activating group) is 1. The molecule has 6 heteroatoms. The summed E-state index contributed by atoms with van der Waals surface area (Å²) in [6.07, 6.45) is 1.34. The van der Waals surface area contributed by atoms with Crippen LogP contribution in [0.3, 0.4) is 0 Å². The quantitative estimate of drug-likeness (QED) is 0.789.